The van der Waals surface area contributed by atoms with Crippen LogP contribution in [0.2, 0.25) is 0 Å². The van der Waals surface area contributed by atoms with E-state index >= 15 is 0 Å². The van der Waals surface area contributed by atoms with Crippen LogP contribution in [0, 0.1) is 11.6 Å². The Morgan fingerprint density at radius 3 is 2.87 bits per heavy atom. The van der Waals surface area contributed by atoms with Crippen LogP contribution in [0.4, 0.5) is 8.78 Å². The summed E-state index contributed by atoms with van der Waals surface area (Å²) in [7, 11) is 0. The van der Waals surface area contributed by atoms with Crippen LogP contribution >= 0.6 is 0 Å². The van der Waals surface area contributed by atoms with E-state index in [1.807, 2.05) is 18.2 Å². The Morgan fingerprint density at radius 2 is 2.04 bits per heavy atom. The van der Waals surface area contributed by atoms with Crippen LogP contribution in [0.25, 0.3) is 0 Å². The molecule has 0 spiro atoms. The first kappa shape index (κ1) is 15.5. The van der Waals surface area contributed by atoms with Gasteiger partial charge < -0.3 is 10.1 Å². The van der Waals surface area contributed by atoms with Crippen molar-refractivity contribution in [2.75, 3.05) is 6.61 Å². The van der Waals surface area contributed by atoms with E-state index in [0.717, 1.165) is 37.0 Å². The quantitative estimate of drug-likeness (QED) is 0.937. The Kier molecular flexibility index (Phi) is 4.55. The smallest absolute Gasteiger partial charge is 0.258 e. The highest BCUT2D eigenvalue weighted by atomic mass is 19.1. The van der Waals surface area contributed by atoms with E-state index < -0.39 is 11.6 Å². The lowest BCUT2D eigenvalue weighted by Gasteiger charge is -2.26. The molecule has 1 unspecified atom stereocenters. The van der Waals surface area contributed by atoms with E-state index in [-0.39, 0.29) is 24.3 Å². The number of nitrogens with one attached hydrogen (secondary N) is 1. The number of aryl methyl sites for hydroxylation is 1. The maximum absolute atomic E-state index is 13.5. The predicted molar refractivity (Wildman–Crippen MR) is 82.1 cm³/mol. The zero-order valence-electron chi connectivity index (χ0n) is 12.5. The van der Waals surface area contributed by atoms with Gasteiger partial charge in [0, 0.05) is 6.07 Å². The molecule has 2 aromatic rings. The van der Waals surface area contributed by atoms with Gasteiger partial charge in [-0.15, -0.1) is 0 Å². The number of hydrogen-bond acceptors (Lipinski definition) is 2. The minimum absolute atomic E-state index is 0.0471. The van der Waals surface area contributed by atoms with E-state index in [1.54, 1.807) is 0 Å². The number of ether oxygens (including phenoxy) is 1. The van der Waals surface area contributed by atoms with E-state index in [4.69, 9.17) is 4.74 Å². The summed E-state index contributed by atoms with van der Waals surface area (Å²) in [5.74, 6) is -1.96. The topological polar surface area (TPSA) is 38.3 Å². The second-order valence-electron chi connectivity index (χ2n) is 5.57. The van der Waals surface area contributed by atoms with Gasteiger partial charge in [0.2, 0.25) is 0 Å². The van der Waals surface area contributed by atoms with Crippen LogP contribution in [0.5, 0.6) is 5.75 Å². The molecular weight excluding hydrogens is 300 g/mol. The molecule has 1 atom stereocenters. The normalized spacial score (nSPS) is 16.5. The van der Waals surface area contributed by atoms with Gasteiger partial charge in [-0.05, 0) is 42.5 Å². The number of benzene rings is 2. The van der Waals surface area contributed by atoms with E-state index in [2.05, 4.69) is 11.4 Å². The molecule has 5 heteroatoms. The number of rotatable bonds is 4. The Bertz CT molecular complexity index is 718. The molecule has 120 valence electrons. The monoisotopic (exact) mass is 317 g/mol. The first-order chi connectivity index (χ1) is 11.1. The van der Waals surface area contributed by atoms with Gasteiger partial charge in [-0.1, -0.05) is 24.3 Å². The largest absolute Gasteiger partial charge is 0.481 e. The highest BCUT2D eigenvalue weighted by Crippen LogP contribution is 2.29. The average Bonchev–Trinajstić information content (AvgIpc) is 2.54. The van der Waals surface area contributed by atoms with Crippen molar-refractivity contribution >= 4 is 5.91 Å². The fraction of sp³-hybridized carbons (Fsp3) is 0.278. The van der Waals surface area contributed by atoms with Crippen LogP contribution < -0.4 is 10.1 Å². The first-order valence-electron chi connectivity index (χ1n) is 7.58. The second-order valence-corrected chi connectivity index (χ2v) is 5.57. The molecule has 1 amide bonds. The van der Waals surface area contributed by atoms with Gasteiger partial charge >= 0.3 is 0 Å². The molecule has 2 aromatic carbocycles. The fourth-order valence-electron chi connectivity index (χ4n) is 2.88. The van der Waals surface area contributed by atoms with Crippen molar-refractivity contribution in [2.24, 2.45) is 0 Å². The first-order valence-corrected chi connectivity index (χ1v) is 7.58. The summed E-state index contributed by atoms with van der Waals surface area (Å²) in [5, 5.41) is 2.92. The summed E-state index contributed by atoms with van der Waals surface area (Å²) in [6.07, 6.45) is 2.89. The summed E-state index contributed by atoms with van der Waals surface area (Å²) < 4.78 is 31.4. The molecule has 0 saturated carbocycles. The van der Waals surface area contributed by atoms with Crippen molar-refractivity contribution in [3.05, 3.63) is 65.2 Å². The average molecular weight is 317 g/mol. The van der Waals surface area contributed by atoms with Gasteiger partial charge in [0.15, 0.2) is 18.2 Å². The molecule has 3 rings (SSSR count). The molecule has 3 nitrogen and oxygen atoms in total. The van der Waals surface area contributed by atoms with Gasteiger partial charge in [0.25, 0.3) is 5.91 Å². The Labute approximate surface area is 133 Å². The van der Waals surface area contributed by atoms with Crippen molar-refractivity contribution in [3.8, 4) is 5.75 Å². The molecule has 0 aliphatic heterocycles. The lowest BCUT2D eigenvalue weighted by Crippen LogP contribution is -2.34. The molecule has 0 heterocycles. The van der Waals surface area contributed by atoms with Crippen LogP contribution in [-0.2, 0) is 11.2 Å². The van der Waals surface area contributed by atoms with Gasteiger partial charge in [0.1, 0.15) is 5.82 Å². The van der Waals surface area contributed by atoms with Crippen LogP contribution in [0.1, 0.15) is 30.0 Å². The molecule has 0 fully saturated rings. The summed E-state index contributed by atoms with van der Waals surface area (Å²) in [6, 6.07) is 11.0. The number of fused-ring (bicyclic) bond motifs is 1. The Balaban J connectivity index is 1.60. The van der Waals surface area contributed by atoms with Crippen molar-refractivity contribution in [3.63, 3.8) is 0 Å². The summed E-state index contributed by atoms with van der Waals surface area (Å²) >= 11 is 0. The molecule has 23 heavy (non-hydrogen) atoms. The van der Waals surface area contributed by atoms with Gasteiger partial charge in [-0.2, -0.15) is 0 Å². The zero-order chi connectivity index (χ0) is 16.2. The number of halogens is 2. The molecule has 0 bridgehead atoms. The van der Waals surface area contributed by atoms with Crippen molar-refractivity contribution in [1.29, 1.82) is 0 Å². The number of carbonyl (C=O) groups excluding carboxylic acids is 1. The van der Waals surface area contributed by atoms with E-state index in [9.17, 15) is 13.6 Å². The zero-order valence-corrected chi connectivity index (χ0v) is 12.5. The lowest BCUT2D eigenvalue weighted by molar-refractivity contribution is -0.124. The van der Waals surface area contributed by atoms with Gasteiger partial charge in [-0.25, -0.2) is 8.78 Å². The van der Waals surface area contributed by atoms with Crippen LogP contribution in [0.3, 0.4) is 0 Å². The highest BCUT2D eigenvalue weighted by Gasteiger charge is 2.21. The van der Waals surface area contributed by atoms with Gasteiger partial charge in [-0.3, -0.25) is 4.79 Å². The summed E-state index contributed by atoms with van der Waals surface area (Å²) in [4.78, 5) is 12.0. The maximum Gasteiger partial charge on any atom is 0.258 e. The Morgan fingerprint density at radius 1 is 1.22 bits per heavy atom. The third-order valence-corrected chi connectivity index (χ3v) is 3.96. The summed E-state index contributed by atoms with van der Waals surface area (Å²) in [6.45, 7) is -0.304. The molecule has 1 N–H and O–H groups in total. The maximum atomic E-state index is 13.5. The molecular formula is C18H17F2NO2. The van der Waals surface area contributed by atoms with Crippen LogP contribution in [-0.4, -0.2) is 12.5 Å². The SMILES string of the molecule is O=C(COc1ccc(F)cc1F)NC1CCCc2ccccc21. The van der Waals surface area contributed by atoms with E-state index in [1.165, 1.54) is 11.6 Å². The number of amides is 1. The fourth-order valence-corrected chi connectivity index (χ4v) is 2.88. The minimum Gasteiger partial charge on any atom is -0.481 e. The predicted octanol–water partition coefficient (Wildman–Crippen LogP) is 3.54. The molecule has 1 aliphatic rings. The Hall–Kier alpha value is -2.43. The second kappa shape index (κ2) is 6.77. The molecule has 0 radical (unpaired) electrons. The molecule has 0 aromatic heterocycles. The third-order valence-electron chi connectivity index (χ3n) is 3.96. The highest BCUT2D eigenvalue weighted by molar-refractivity contribution is 5.78. The number of carbonyl (C=O) groups is 1. The standard InChI is InChI=1S/C18H17F2NO2/c19-13-8-9-17(15(20)10-13)23-11-18(22)21-16-7-3-5-12-4-1-2-6-14(12)16/h1-2,4,6,8-10,16H,3,5,7,11H2,(H,21,22). The van der Waals surface area contributed by atoms with Gasteiger partial charge in [0.05, 0.1) is 6.04 Å². The number of hydrogen-bond donors (Lipinski definition) is 1. The minimum atomic E-state index is -0.819. The van der Waals surface area contributed by atoms with E-state index in [0.29, 0.717) is 0 Å². The molecule has 1 aliphatic carbocycles. The lowest BCUT2D eigenvalue weighted by atomic mass is 9.88. The van der Waals surface area contributed by atoms with Crippen molar-refractivity contribution in [2.45, 2.75) is 25.3 Å². The molecule has 0 saturated heterocycles. The summed E-state index contributed by atoms with van der Waals surface area (Å²) in [5.41, 5.74) is 2.37. The third kappa shape index (κ3) is 3.67. The van der Waals surface area contributed by atoms with Crippen molar-refractivity contribution in [1.82, 2.24) is 5.32 Å². The van der Waals surface area contributed by atoms with Crippen molar-refractivity contribution < 1.29 is 18.3 Å². The van der Waals surface area contributed by atoms with Crippen LogP contribution in [0.15, 0.2) is 42.5 Å².